The summed E-state index contributed by atoms with van der Waals surface area (Å²) in [6.07, 6.45) is 0.120. The molecule has 1 aromatic carbocycles. The molecular formula is C13H21NO2. The number of ether oxygens (including phenoxy) is 2. The van der Waals surface area contributed by atoms with Gasteiger partial charge >= 0.3 is 0 Å². The number of hydrogen-bond donors (Lipinski definition) is 1. The predicted octanol–water partition coefficient (Wildman–Crippen LogP) is 1.75. The van der Waals surface area contributed by atoms with Gasteiger partial charge in [0.15, 0.2) is 0 Å². The summed E-state index contributed by atoms with van der Waals surface area (Å²) in [5.41, 5.74) is 2.59. The maximum Gasteiger partial charge on any atom is 0.0928 e. The molecule has 0 radical (unpaired) electrons. The van der Waals surface area contributed by atoms with Gasteiger partial charge in [0.2, 0.25) is 0 Å². The molecule has 16 heavy (non-hydrogen) atoms. The molecule has 0 aliphatic rings. The van der Waals surface area contributed by atoms with Crippen LogP contribution in [0.1, 0.15) is 11.1 Å². The lowest BCUT2D eigenvalue weighted by molar-refractivity contribution is 0.0288. The third-order valence-electron chi connectivity index (χ3n) is 2.47. The Morgan fingerprint density at radius 2 is 2.12 bits per heavy atom. The van der Waals surface area contributed by atoms with Gasteiger partial charge in [-0.15, -0.1) is 0 Å². The molecule has 1 N–H and O–H groups in total. The fourth-order valence-electron chi connectivity index (χ4n) is 1.60. The third-order valence-corrected chi connectivity index (χ3v) is 2.47. The predicted molar refractivity (Wildman–Crippen MR) is 65.6 cm³/mol. The van der Waals surface area contributed by atoms with Crippen molar-refractivity contribution in [3.8, 4) is 0 Å². The number of rotatable bonds is 7. The standard InChI is InChI=1S/C13H21NO2/c1-11-5-4-6-12(7-11)8-14-9-13(16-3)10-15-2/h4-7,13-14H,8-10H2,1-3H3. The molecule has 0 heterocycles. The van der Waals surface area contributed by atoms with Crippen molar-refractivity contribution in [3.63, 3.8) is 0 Å². The van der Waals surface area contributed by atoms with E-state index in [1.165, 1.54) is 11.1 Å². The first-order valence-corrected chi connectivity index (χ1v) is 5.54. The highest BCUT2D eigenvalue weighted by molar-refractivity contribution is 5.21. The molecule has 0 saturated carbocycles. The third kappa shape index (κ3) is 4.75. The van der Waals surface area contributed by atoms with Crippen LogP contribution in [0.25, 0.3) is 0 Å². The van der Waals surface area contributed by atoms with Crippen LogP contribution in [0.3, 0.4) is 0 Å². The van der Waals surface area contributed by atoms with Crippen molar-refractivity contribution in [2.24, 2.45) is 0 Å². The molecule has 0 spiro atoms. The van der Waals surface area contributed by atoms with Gasteiger partial charge in [-0.2, -0.15) is 0 Å². The van der Waals surface area contributed by atoms with E-state index in [2.05, 4.69) is 36.5 Å². The zero-order valence-electron chi connectivity index (χ0n) is 10.3. The molecule has 1 unspecified atom stereocenters. The van der Waals surface area contributed by atoms with Crippen LogP contribution in [0.5, 0.6) is 0 Å². The highest BCUT2D eigenvalue weighted by atomic mass is 16.5. The zero-order chi connectivity index (χ0) is 11.8. The van der Waals surface area contributed by atoms with Crippen LogP contribution in [-0.4, -0.2) is 33.5 Å². The first-order chi connectivity index (χ1) is 7.76. The van der Waals surface area contributed by atoms with Crippen molar-refractivity contribution in [2.45, 2.75) is 19.6 Å². The Bertz CT molecular complexity index is 302. The summed E-state index contributed by atoms with van der Waals surface area (Å²) in [6, 6.07) is 8.49. The van der Waals surface area contributed by atoms with E-state index in [4.69, 9.17) is 9.47 Å². The second kappa shape index (κ2) is 7.39. The minimum atomic E-state index is 0.120. The van der Waals surface area contributed by atoms with Gasteiger partial charge in [-0.3, -0.25) is 0 Å². The molecule has 0 amide bonds. The molecule has 1 rings (SSSR count). The number of aryl methyl sites for hydroxylation is 1. The Kier molecular flexibility index (Phi) is 6.08. The maximum absolute atomic E-state index is 5.26. The van der Waals surface area contributed by atoms with Crippen LogP contribution in [0.15, 0.2) is 24.3 Å². The smallest absolute Gasteiger partial charge is 0.0928 e. The largest absolute Gasteiger partial charge is 0.382 e. The maximum atomic E-state index is 5.26. The summed E-state index contributed by atoms with van der Waals surface area (Å²) >= 11 is 0. The summed E-state index contributed by atoms with van der Waals surface area (Å²) in [7, 11) is 3.39. The van der Waals surface area contributed by atoms with Crippen LogP contribution in [0.2, 0.25) is 0 Å². The number of hydrogen-bond acceptors (Lipinski definition) is 3. The Labute approximate surface area is 97.8 Å². The van der Waals surface area contributed by atoms with Crippen molar-refractivity contribution in [1.82, 2.24) is 5.32 Å². The summed E-state index contributed by atoms with van der Waals surface area (Å²) in [4.78, 5) is 0. The van der Waals surface area contributed by atoms with Crippen molar-refractivity contribution in [1.29, 1.82) is 0 Å². The molecule has 0 aromatic heterocycles. The molecule has 3 heteroatoms. The normalized spacial score (nSPS) is 12.7. The molecule has 0 bridgehead atoms. The Hall–Kier alpha value is -0.900. The zero-order valence-corrected chi connectivity index (χ0v) is 10.3. The van der Waals surface area contributed by atoms with Crippen molar-refractivity contribution in [2.75, 3.05) is 27.4 Å². The van der Waals surface area contributed by atoms with Crippen LogP contribution in [0, 0.1) is 6.92 Å². The Morgan fingerprint density at radius 3 is 2.75 bits per heavy atom. The molecule has 0 fully saturated rings. The highest BCUT2D eigenvalue weighted by Gasteiger charge is 2.05. The lowest BCUT2D eigenvalue weighted by Crippen LogP contribution is -2.31. The monoisotopic (exact) mass is 223 g/mol. The number of methoxy groups -OCH3 is 2. The molecule has 0 aliphatic heterocycles. The van der Waals surface area contributed by atoms with E-state index >= 15 is 0 Å². The van der Waals surface area contributed by atoms with Gasteiger partial charge in [-0.1, -0.05) is 29.8 Å². The van der Waals surface area contributed by atoms with Crippen LogP contribution in [0.4, 0.5) is 0 Å². The average Bonchev–Trinajstić information content (AvgIpc) is 2.28. The van der Waals surface area contributed by atoms with E-state index in [1.807, 2.05) is 0 Å². The minimum Gasteiger partial charge on any atom is -0.382 e. The van der Waals surface area contributed by atoms with Gasteiger partial charge in [0.25, 0.3) is 0 Å². The quantitative estimate of drug-likeness (QED) is 0.764. The van der Waals surface area contributed by atoms with E-state index in [0.717, 1.165) is 13.1 Å². The lowest BCUT2D eigenvalue weighted by Gasteiger charge is -2.15. The van der Waals surface area contributed by atoms with Crippen LogP contribution >= 0.6 is 0 Å². The summed E-state index contributed by atoms with van der Waals surface area (Å²) in [5, 5.41) is 3.36. The topological polar surface area (TPSA) is 30.5 Å². The van der Waals surface area contributed by atoms with Gasteiger partial charge in [0.05, 0.1) is 12.7 Å². The molecule has 90 valence electrons. The molecule has 1 atom stereocenters. The summed E-state index contributed by atoms with van der Waals surface area (Å²) in [6.45, 7) is 4.40. The van der Waals surface area contributed by atoms with Gasteiger partial charge < -0.3 is 14.8 Å². The van der Waals surface area contributed by atoms with Gasteiger partial charge in [0.1, 0.15) is 0 Å². The van der Waals surface area contributed by atoms with Gasteiger partial charge in [0, 0.05) is 27.3 Å². The molecule has 0 saturated heterocycles. The van der Waals surface area contributed by atoms with E-state index in [-0.39, 0.29) is 6.10 Å². The van der Waals surface area contributed by atoms with Gasteiger partial charge in [-0.25, -0.2) is 0 Å². The highest BCUT2D eigenvalue weighted by Crippen LogP contribution is 2.03. The van der Waals surface area contributed by atoms with Crippen molar-refractivity contribution < 1.29 is 9.47 Å². The molecule has 0 aliphatic carbocycles. The molecule has 1 aromatic rings. The fraction of sp³-hybridized carbons (Fsp3) is 0.538. The van der Waals surface area contributed by atoms with E-state index < -0.39 is 0 Å². The number of benzene rings is 1. The van der Waals surface area contributed by atoms with E-state index in [9.17, 15) is 0 Å². The molecular weight excluding hydrogens is 202 g/mol. The van der Waals surface area contributed by atoms with Crippen LogP contribution in [-0.2, 0) is 16.0 Å². The van der Waals surface area contributed by atoms with Gasteiger partial charge in [-0.05, 0) is 12.5 Å². The van der Waals surface area contributed by atoms with E-state index in [0.29, 0.717) is 6.61 Å². The lowest BCUT2D eigenvalue weighted by atomic mass is 10.1. The number of nitrogens with one attached hydrogen (secondary N) is 1. The second-order valence-corrected chi connectivity index (χ2v) is 3.93. The average molecular weight is 223 g/mol. The SMILES string of the molecule is COCC(CNCc1cccc(C)c1)OC. The first-order valence-electron chi connectivity index (χ1n) is 5.54. The van der Waals surface area contributed by atoms with Crippen molar-refractivity contribution >= 4 is 0 Å². The fourth-order valence-corrected chi connectivity index (χ4v) is 1.60. The molecule has 3 nitrogen and oxygen atoms in total. The Balaban J connectivity index is 2.29. The van der Waals surface area contributed by atoms with Crippen molar-refractivity contribution in [3.05, 3.63) is 35.4 Å². The van der Waals surface area contributed by atoms with Crippen LogP contribution < -0.4 is 5.32 Å². The summed E-state index contributed by atoms with van der Waals surface area (Å²) in [5.74, 6) is 0. The first kappa shape index (κ1) is 13.2. The Morgan fingerprint density at radius 1 is 1.31 bits per heavy atom. The second-order valence-electron chi connectivity index (χ2n) is 3.93. The summed E-state index contributed by atoms with van der Waals surface area (Å²) < 4.78 is 10.3. The minimum absolute atomic E-state index is 0.120. The van der Waals surface area contributed by atoms with E-state index in [1.54, 1.807) is 14.2 Å².